The molecule has 2 heterocycles. The van der Waals surface area contributed by atoms with Gasteiger partial charge in [-0.2, -0.15) is 13.2 Å². The van der Waals surface area contributed by atoms with Gasteiger partial charge >= 0.3 is 6.18 Å². The topological polar surface area (TPSA) is 70.1 Å². The van der Waals surface area contributed by atoms with E-state index in [0.29, 0.717) is 12.2 Å². The highest BCUT2D eigenvalue weighted by Crippen LogP contribution is 2.42. The standard InChI is InChI=1S/C16H14ClF3N4O2/c1-8-11(15(26)23(2)22-8)14(25)9-4-5-10(16(18,19)20)13(12(9)17)24-7-3-6-21-24/h3-5,7,21-22H,6H2,1-2H3. The molecule has 138 valence electrons. The summed E-state index contributed by atoms with van der Waals surface area (Å²) in [6.45, 7) is 1.85. The highest BCUT2D eigenvalue weighted by atomic mass is 35.5. The lowest BCUT2D eigenvalue weighted by molar-refractivity contribution is -0.137. The highest BCUT2D eigenvalue weighted by Gasteiger charge is 2.38. The molecule has 26 heavy (non-hydrogen) atoms. The van der Waals surface area contributed by atoms with Crippen molar-refractivity contribution in [1.29, 1.82) is 0 Å². The molecule has 1 aromatic heterocycles. The number of halogens is 4. The number of aromatic nitrogens is 2. The number of alkyl halides is 3. The molecule has 3 rings (SSSR count). The SMILES string of the molecule is Cc1[nH]n(C)c(=O)c1C(=O)c1ccc(C(F)(F)F)c(N2C=CCN2)c1Cl. The summed E-state index contributed by atoms with van der Waals surface area (Å²) in [6, 6.07) is 1.78. The second kappa shape index (κ2) is 6.33. The molecule has 0 spiro atoms. The third-order valence-electron chi connectivity index (χ3n) is 4.00. The Morgan fingerprint density at radius 2 is 2.00 bits per heavy atom. The van der Waals surface area contributed by atoms with E-state index < -0.39 is 23.1 Å². The van der Waals surface area contributed by atoms with E-state index in [9.17, 15) is 22.8 Å². The van der Waals surface area contributed by atoms with Gasteiger partial charge in [-0.1, -0.05) is 17.7 Å². The monoisotopic (exact) mass is 386 g/mol. The fraction of sp³-hybridized carbons (Fsp3) is 0.250. The van der Waals surface area contributed by atoms with Crippen LogP contribution in [0.25, 0.3) is 0 Å². The third-order valence-corrected chi connectivity index (χ3v) is 4.38. The first-order valence-corrected chi connectivity index (χ1v) is 7.90. The van der Waals surface area contributed by atoms with Crippen LogP contribution in [0.15, 0.2) is 29.2 Å². The summed E-state index contributed by atoms with van der Waals surface area (Å²) in [4.78, 5) is 24.9. The Hall–Kier alpha value is -2.52. The second-order valence-corrected chi connectivity index (χ2v) is 6.12. The minimum Gasteiger partial charge on any atom is -0.299 e. The first kappa shape index (κ1) is 18.3. The van der Waals surface area contributed by atoms with E-state index in [4.69, 9.17) is 11.6 Å². The van der Waals surface area contributed by atoms with E-state index in [1.165, 1.54) is 20.2 Å². The fourth-order valence-corrected chi connectivity index (χ4v) is 3.15. The van der Waals surface area contributed by atoms with Gasteiger partial charge in [0, 0.05) is 31.0 Å². The van der Waals surface area contributed by atoms with Crippen molar-refractivity contribution >= 4 is 23.1 Å². The average Bonchev–Trinajstić information content (AvgIpc) is 3.14. The summed E-state index contributed by atoms with van der Waals surface area (Å²) in [7, 11) is 1.44. The lowest BCUT2D eigenvalue weighted by Crippen LogP contribution is -2.31. The largest absolute Gasteiger partial charge is 0.418 e. The van der Waals surface area contributed by atoms with E-state index in [1.807, 2.05) is 0 Å². The second-order valence-electron chi connectivity index (χ2n) is 5.74. The number of H-pyrrole nitrogens is 1. The van der Waals surface area contributed by atoms with Crippen LogP contribution in [0.4, 0.5) is 18.9 Å². The van der Waals surface area contributed by atoms with Crippen LogP contribution in [0.3, 0.4) is 0 Å². The molecule has 0 saturated carbocycles. The first-order valence-electron chi connectivity index (χ1n) is 7.52. The number of carbonyl (C=O) groups excluding carboxylic acids is 1. The molecular weight excluding hydrogens is 373 g/mol. The predicted octanol–water partition coefficient (Wildman–Crippen LogP) is 2.76. The van der Waals surface area contributed by atoms with Crippen LogP contribution >= 0.6 is 11.6 Å². The number of aryl methyl sites for hydroxylation is 2. The normalized spacial score (nSPS) is 14.3. The maximum absolute atomic E-state index is 13.4. The fourth-order valence-electron chi connectivity index (χ4n) is 2.81. The van der Waals surface area contributed by atoms with Crippen LogP contribution in [0, 0.1) is 6.92 Å². The van der Waals surface area contributed by atoms with Gasteiger partial charge in [-0.25, -0.2) is 5.43 Å². The molecule has 6 nitrogen and oxygen atoms in total. The van der Waals surface area contributed by atoms with Crippen LogP contribution in [0.1, 0.15) is 27.2 Å². The van der Waals surface area contributed by atoms with Crippen molar-refractivity contribution in [2.75, 3.05) is 11.6 Å². The molecule has 10 heteroatoms. The predicted molar refractivity (Wildman–Crippen MR) is 90.3 cm³/mol. The number of ketones is 1. The van der Waals surface area contributed by atoms with Crippen LogP contribution in [0.5, 0.6) is 0 Å². The maximum atomic E-state index is 13.4. The number of nitrogens with one attached hydrogen (secondary N) is 2. The molecule has 0 bridgehead atoms. The number of hydrogen-bond acceptors (Lipinski definition) is 4. The number of aromatic amines is 1. The number of rotatable bonds is 3. The van der Waals surface area contributed by atoms with Gasteiger partial charge in [0.05, 0.1) is 16.3 Å². The van der Waals surface area contributed by atoms with Crippen LogP contribution < -0.4 is 16.0 Å². The van der Waals surface area contributed by atoms with E-state index in [1.54, 1.807) is 6.08 Å². The number of hydrazine groups is 1. The maximum Gasteiger partial charge on any atom is 0.418 e. The van der Waals surface area contributed by atoms with Gasteiger partial charge in [0.25, 0.3) is 5.56 Å². The number of anilines is 1. The summed E-state index contributed by atoms with van der Waals surface area (Å²) in [5.41, 5.74) is 0.719. The Morgan fingerprint density at radius 1 is 1.31 bits per heavy atom. The van der Waals surface area contributed by atoms with Gasteiger partial charge in [-0.05, 0) is 19.1 Å². The van der Waals surface area contributed by atoms with Crippen molar-refractivity contribution < 1.29 is 18.0 Å². The minimum absolute atomic E-state index is 0.162. The van der Waals surface area contributed by atoms with Crippen LogP contribution in [-0.2, 0) is 13.2 Å². The quantitative estimate of drug-likeness (QED) is 0.796. The summed E-state index contributed by atoms with van der Waals surface area (Å²) in [5, 5.41) is 3.41. The number of benzene rings is 1. The number of carbonyl (C=O) groups is 1. The van der Waals surface area contributed by atoms with Gasteiger partial charge in [0.15, 0.2) is 0 Å². The molecule has 0 fully saturated rings. The average molecular weight is 387 g/mol. The first-order chi connectivity index (χ1) is 12.1. The zero-order valence-electron chi connectivity index (χ0n) is 13.7. The van der Waals surface area contributed by atoms with Gasteiger partial charge in [-0.15, -0.1) is 0 Å². The van der Waals surface area contributed by atoms with Gasteiger partial charge in [-0.3, -0.25) is 24.4 Å². The molecule has 2 aromatic rings. The number of nitrogens with zero attached hydrogens (tertiary/aromatic N) is 2. The van der Waals surface area contributed by atoms with E-state index in [0.717, 1.165) is 21.8 Å². The molecule has 2 N–H and O–H groups in total. The molecule has 0 saturated heterocycles. The van der Waals surface area contributed by atoms with E-state index in [2.05, 4.69) is 10.5 Å². The third kappa shape index (κ3) is 2.93. The van der Waals surface area contributed by atoms with Crippen LogP contribution in [0.2, 0.25) is 5.02 Å². The van der Waals surface area contributed by atoms with Crippen molar-refractivity contribution in [3.8, 4) is 0 Å². The van der Waals surface area contributed by atoms with Crippen LogP contribution in [-0.4, -0.2) is 22.1 Å². The zero-order valence-corrected chi connectivity index (χ0v) is 14.5. The summed E-state index contributed by atoms with van der Waals surface area (Å²) < 4.78 is 41.3. The summed E-state index contributed by atoms with van der Waals surface area (Å²) in [5.74, 6) is -0.743. The highest BCUT2D eigenvalue weighted by molar-refractivity contribution is 6.37. The van der Waals surface area contributed by atoms with Crippen molar-refractivity contribution in [3.05, 3.63) is 62.2 Å². The molecule has 1 aliphatic heterocycles. The molecule has 0 atom stereocenters. The van der Waals surface area contributed by atoms with E-state index >= 15 is 0 Å². The molecule has 0 unspecified atom stereocenters. The van der Waals surface area contributed by atoms with Crippen molar-refractivity contribution in [2.45, 2.75) is 13.1 Å². The smallest absolute Gasteiger partial charge is 0.299 e. The van der Waals surface area contributed by atoms with Gasteiger partial charge in [0.2, 0.25) is 5.78 Å². The van der Waals surface area contributed by atoms with Crippen molar-refractivity contribution in [3.63, 3.8) is 0 Å². The summed E-state index contributed by atoms with van der Waals surface area (Å²) in [6.07, 6.45) is -1.67. The molecule has 1 aliphatic rings. The molecule has 0 aliphatic carbocycles. The Kier molecular flexibility index (Phi) is 4.45. The molecule has 1 aromatic carbocycles. The zero-order chi connectivity index (χ0) is 19.2. The Morgan fingerprint density at radius 3 is 2.50 bits per heavy atom. The minimum atomic E-state index is -4.67. The Balaban J connectivity index is 2.21. The lowest BCUT2D eigenvalue weighted by atomic mass is 10.0. The van der Waals surface area contributed by atoms with Gasteiger partial charge < -0.3 is 0 Å². The number of hydrogen-bond donors (Lipinski definition) is 2. The Labute approximate surface area is 150 Å². The lowest BCUT2D eigenvalue weighted by Gasteiger charge is -2.23. The van der Waals surface area contributed by atoms with Crippen molar-refractivity contribution in [2.24, 2.45) is 7.05 Å². The Bertz CT molecular complexity index is 975. The van der Waals surface area contributed by atoms with Gasteiger partial charge in [0.1, 0.15) is 5.56 Å². The van der Waals surface area contributed by atoms with E-state index in [-0.39, 0.29) is 21.8 Å². The molecule has 0 radical (unpaired) electrons. The molecular formula is C16H14ClF3N4O2. The van der Waals surface area contributed by atoms with Crippen molar-refractivity contribution in [1.82, 2.24) is 15.2 Å². The summed E-state index contributed by atoms with van der Waals surface area (Å²) >= 11 is 6.20. The molecule has 0 amide bonds.